The summed E-state index contributed by atoms with van der Waals surface area (Å²) in [5.41, 5.74) is 4.07. The number of rotatable bonds is 9. The van der Waals surface area contributed by atoms with Gasteiger partial charge in [0.1, 0.15) is 0 Å². The lowest BCUT2D eigenvalue weighted by molar-refractivity contribution is -0.134. The molecule has 2 rings (SSSR count). The number of hydrogen-bond acceptors (Lipinski definition) is 5. The summed E-state index contributed by atoms with van der Waals surface area (Å²) in [5, 5.41) is 5.86. The number of hydrogen-bond donors (Lipinski definition) is 2. The minimum atomic E-state index is -0.131. The van der Waals surface area contributed by atoms with Crippen LogP contribution < -0.4 is 10.6 Å². The summed E-state index contributed by atoms with van der Waals surface area (Å²) >= 11 is 0. The summed E-state index contributed by atoms with van der Waals surface area (Å²) in [6.45, 7) is 12.0. The van der Waals surface area contributed by atoms with Crippen LogP contribution in [0.2, 0.25) is 0 Å². The van der Waals surface area contributed by atoms with Crippen LogP contribution in [0, 0.1) is 20.8 Å². The fourth-order valence-corrected chi connectivity index (χ4v) is 3.87. The zero-order chi connectivity index (χ0) is 23.0. The molecule has 1 fully saturated rings. The monoisotopic (exact) mass is 431 g/mol. The number of aryl methyl sites for hydroxylation is 3. The van der Waals surface area contributed by atoms with Gasteiger partial charge in [0.25, 0.3) is 0 Å². The second-order valence-corrected chi connectivity index (χ2v) is 8.50. The second kappa shape index (κ2) is 11.8. The molecule has 1 saturated heterocycles. The molecule has 0 atom stereocenters. The Morgan fingerprint density at radius 1 is 0.968 bits per heavy atom. The Hall–Kier alpha value is -2.45. The van der Waals surface area contributed by atoms with E-state index in [-0.39, 0.29) is 30.8 Å². The Kier molecular flexibility index (Phi) is 9.45. The maximum Gasteiger partial charge on any atom is 0.238 e. The summed E-state index contributed by atoms with van der Waals surface area (Å²) in [6, 6.07) is 4.09. The van der Waals surface area contributed by atoms with Gasteiger partial charge >= 0.3 is 0 Å². The van der Waals surface area contributed by atoms with Crippen LogP contribution in [0.4, 0.5) is 5.69 Å². The predicted octanol–water partition coefficient (Wildman–Crippen LogP) is 1.15. The number of nitrogens with one attached hydrogen (secondary N) is 2. The quantitative estimate of drug-likeness (QED) is 0.613. The third-order valence-corrected chi connectivity index (χ3v) is 5.42. The van der Waals surface area contributed by atoms with Gasteiger partial charge in [-0.1, -0.05) is 24.6 Å². The molecule has 1 aliphatic heterocycles. The van der Waals surface area contributed by atoms with E-state index >= 15 is 0 Å². The van der Waals surface area contributed by atoms with Crippen molar-refractivity contribution in [3.63, 3.8) is 0 Å². The Morgan fingerprint density at radius 3 is 2.16 bits per heavy atom. The van der Waals surface area contributed by atoms with E-state index in [0.717, 1.165) is 28.8 Å². The average Bonchev–Trinajstić information content (AvgIpc) is 2.69. The van der Waals surface area contributed by atoms with E-state index in [1.807, 2.05) is 44.7 Å². The van der Waals surface area contributed by atoms with Crippen LogP contribution in [0.5, 0.6) is 0 Å². The average molecular weight is 432 g/mol. The largest absolute Gasteiger partial charge is 0.355 e. The lowest BCUT2D eigenvalue weighted by atomic mass is 10.1. The van der Waals surface area contributed by atoms with E-state index in [1.165, 1.54) is 0 Å². The normalized spacial score (nSPS) is 14.6. The number of carbonyl (C=O) groups excluding carboxylic acids is 3. The van der Waals surface area contributed by atoms with Gasteiger partial charge in [-0.15, -0.1) is 0 Å². The van der Waals surface area contributed by atoms with Crippen molar-refractivity contribution in [3.8, 4) is 0 Å². The van der Waals surface area contributed by atoms with Gasteiger partial charge in [-0.2, -0.15) is 0 Å². The molecule has 0 unspecified atom stereocenters. The third-order valence-electron chi connectivity index (χ3n) is 5.42. The van der Waals surface area contributed by atoms with Crippen LogP contribution in [0.1, 0.15) is 30.0 Å². The highest BCUT2D eigenvalue weighted by molar-refractivity contribution is 5.94. The van der Waals surface area contributed by atoms with Crippen molar-refractivity contribution in [2.45, 2.75) is 34.1 Å². The first-order valence-corrected chi connectivity index (χ1v) is 11.0. The molecule has 8 heteroatoms. The van der Waals surface area contributed by atoms with E-state index < -0.39 is 0 Å². The minimum absolute atomic E-state index is 0.00748. The number of carbonyl (C=O) groups is 3. The highest BCUT2D eigenvalue weighted by Crippen LogP contribution is 2.21. The van der Waals surface area contributed by atoms with E-state index in [1.54, 1.807) is 11.9 Å². The predicted molar refractivity (Wildman–Crippen MR) is 123 cm³/mol. The summed E-state index contributed by atoms with van der Waals surface area (Å²) in [7, 11) is 1.78. The van der Waals surface area contributed by atoms with E-state index in [0.29, 0.717) is 39.3 Å². The van der Waals surface area contributed by atoms with Crippen molar-refractivity contribution in [3.05, 3.63) is 28.8 Å². The van der Waals surface area contributed by atoms with Crippen LogP contribution in [0.15, 0.2) is 12.1 Å². The number of amides is 3. The zero-order valence-electron chi connectivity index (χ0n) is 19.6. The fraction of sp³-hybridized carbons (Fsp3) is 0.609. The molecule has 1 heterocycles. The van der Waals surface area contributed by atoms with Crippen LogP contribution in [0.3, 0.4) is 0 Å². The molecule has 0 aromatic heterocycles. The Morgan fingerprint density at radius 2 is 1.58 bits per heavy atom. The molecule has 1 aromatic rings. The third kappa shape index (κ3) is 7.95. The molecular formula is C23H37N5O3. The Balaban J connectivity index is 1.75. The Labute approximate surface area is 185 Å². The minimum Gasteiger partial charge on any atom is -0.355 e. The first-order valence-electron chi connectivity index (χ1n) is 11.0. The molecule has 31 heavy (non-hydrogen) atoms. The van der Waals surface area contributed by atoms with Crippen LogP contribution in [-0.2, 0) is 14.4 Å². The topological polar surface area (TPSA) is 85.0 Å². The van der Waals surface area contributed by atoms with E-state index in [2.05, 4.69) is 15.5 Å². The number of nitrogens with zero attached hydrogens (tertiary/aromatic N) is 3. The summed E-state index contributed by atoms with van der Waals surface area (Å²) in [4.78, 5) is 42.5. The highest BCUT2D eigenvalue weighted by Gasteiger charge is 2.23. The first kappa shape index (κ1) is 24.8. The maximum absolute atomic E-state index is 12.6. The van der Waals surface area contributed by atoms with Crippen molar-refractivity contribution in [1.82, 2.24) is 20.0 Å². The van der Waals surface area contributed by atoms with Crippen molar-refractivity contribution in [2.24, 2.45) is 0 Å². The standard InChI is InChI=1S/C23H37N5O3/c1-6-7-24-20(29)15-27-8-10-28(11-9-27)22(31)16-26(5)14-21(30)25-23-18(3)12-17(2)13-19(23)4/h12-13H,6-11,14-16H2,1-5H3,(H,24,29)(H,25,30). The molecular weight excluding hydrogens is 394 g/mol. The highest BCUT2D eigenvalue weighted by atomic mass is 16.2. The number of likely N-dealkylation sites (N-methyl/N-ethyl adjacent to an activating group) is 1. The van der Waals surface area contributed by atoms with Gasteiger partial charge < -0.3 is 15.5 Å². The number of benzene rings is 1. The molecule has 2 N–H and O–H groups in total. The van der Waals surface area contributed by atoms with Gasteiger partial charge in [-0.05, 0) is 45.4 Å². The molecule has 1 aromatic carbocycles. The molecule has 0 spiro atoms. The summed E-state index contributed by atoms with van der Waals surface area (Å²) < 4.78 is 0. The molecule has 8 nitrogen and oxygen atoms in total. The maximum atomic E-state index is 12.6. The molecule has 0 aliphatic carbocycles. The number of piperazine rings is 1. The second-order valence-electron chi connectivity index (χ2n) is 8.50. The Bertz CT molecular complexity index is 764. The molecule has 0 radical (unpaired) electrons. The van der Waals surface area contributed by atoms with Gasteiger partial charge in [0.05, 0.1) is 19.6 Å². The number of anilines is 1. The molecule has 0 bridgehead atoms. The zero-order valence-corrected chi connectivity index (χ0v) is 19.6. The molecule has 172 valence electrons. The van der Waals surface area contributed by atoms with Crippen LogP contribution in [0.25, 0.3) is 0 Å². The van der Waals surface area contributed by atoms with E-state index in [9.17, 15) is 14.4 Å². The van der Waals surface area contributed by atoms with E-state index in [4.69, 9.17) is 0 Å². The summed E-state index contributed by atoms with van der Waals surface area (Å²) in [5.74, 6) is -0.0900. The van der Waals surface area contributed by atoms with Crippen molar-refractivity contribution < 1.29 is 14.4 Å². The molecule has 1 aliphatic rings. The fourth-order valence-electron chi connectivity index (χ4n) is 3.87. The van der Waals surface area contributed by atoms with Gasteiger partial charge in [0, 0.05) is 38.4 Å². The van der Waals surface area contributed by atoms with Crippen molar-refractivity contribution in [1.29, 1.82) is 0 Å². The van der Waals surface area contributed by atoms with Gasteiger partial charge in [0.2, 0.25) is 17.7 Å². The van der Waals surface area contributed by atoms with Crippen molar-refractivity contribution in [2.75, 3.05) is 64.7 Å². The van der Waals surface area contributed by atoms with Crippen LogP contribution in [-0.4, -0.2) is 91.8 Å². The van der Waals surface area contributed by atoms with Crippen LogP contribution >= 0.6 is 0 Å². The van der Waals surface area contributed by atoms with Gasteiger partial charge in [0.15, 0.2) is 0 Å². The van der Waals surface area contributed by atoms with Crippen molar-refractivity contribution >= 4 is 23.4 Å². The smallest absolute Gasteiger partial charge is 0.238 e. The first-order chi connectivity index (χ1) is 14.7. The SMILES string of the molecule is CCCNC(=O)CN1CCN(C(=O)CN(C)CC(=O)Nc2c(C)cc(C)cc2C)CC1. The summed E-state index contributed by atoms with van der Waals surface area (Å²) in [6.07, 6.45) is 0.920. The lowest BCUT2D eigenvalue weighted by Gasteiger charge is -2.35. The van der Waals surface area contributed by atoms with Gasteiger partial charge in [-0.25, -0.2) is 0 Å². The lowest BCUT2D eigenvalue weighted by Crippen LogP contribution is -2.53. The molecule has 0 saturated carbocycles. The van der Waals surface area contributed by atoms with Gasteiger partial charge in [-0.3, -0.25) is 24.2 Å². The molecule has 3 amide bonds.